The summed E-state index contributed by atoms with van der Waals surface area (Å²) in [6.45, 7) is 4.50. The second-order valence-electron chi connectivity index (χ2n) is 5.03. The van der Waals surface area contributed by atoms with Gasteiger partial charge in [0.2, 0.25) is 5.91 Å². The van der Waals surface area contributed by atoms with E-state index in [1.807, 2.05) is 0 Å². The predicted octanol–water partition coefficient (Wildman–Crippen LogP) is 2.51. The van der Waals surface area contributed by atoms with E-state index in [1.165, 1.54) is 18.3 Å². The SMILES string of the molecule is CC(=O)Nc1cccc(NC(=O)COC(=O)c2sc(C)nc2C)c1. The summed E-state index contributed by atoms with van der Waals surface area (Å²) in [6, 6.07) is 6.67. The highest BCUT2D eigenvalue weighted by atomic mass is 32.1. The summed E-state index contributed by atoms with van der Waals surface area (Å²) in [4.78, 5) is 39.4. The Morgan fingerprint density at radius 1 is 1.17 bits per heavy atom. The van der Waals surface area contributed by atoms with E-state index in [0.717, 1.165) is 5.01 Å². The Bertz CT molecular complexity index is 785. The quantitative estimate of drug-likeness (QED) is 0.810. The van der Waals surface area contributed by atoms with Crippen LogP contribution in [0.2, 0.25) is 0 Å². The average molecular weight is 347 g/mol. The maximum atomic E-state index is 11.9. The molecule has 0 saturated carbocycles. The maximum Gasteiger partial charge on any atom is 0.350 e. The topological polar surface area (TPSA) is 97.4 Å². The molecule has 0 atom stereocenters. The molecule has 0 aliphatic carbocycles. The van der Waals surface area contributed by atoms with Crippen LogP contribution in [0.3, 0.4) is 0 Å². The number of thiazole rings is 1. The van der Waals surface area contributed by atoms with Crippen LogP contribution in [0.5, 0.6) is 0 Å². The molecular formula is C16H17N3O4S. The van der Waals surface area contributed by atoms with Gasteiger partial charge in [-0.3, -0.25) is 9.59 Å². The van der Waals surface area contributed by atoms with Gasteiger partial charge in [-0.05, 0) is 32.0 Å². The molecule has 0 unspecified atom stereocenters. The minimum Gasteiger partial charge on any atom is -0.451 e. The zero-order valence-electron chi connectivity index (χ0n) is 13.5. The lowest BCUT2D eigenvalue weighted by atomic mass is 10.2. The summed E-state index contributed by atoms with van der Waals surface area (Å²) >= 11 is 1.23. The van der Waals surface area contributed by atoms with Crippen molar-refractivity contribution in [3.8, 4) is 0 Å². The van der Waals surface area contributed by atoms with Gasteiger partial charge < -0.3 is 15.4 Å². The van der Waals surface area contributed by atoms with E-state index in [0.29, 0.717) is 21.9 Å². The molecule has 0 bridgehead atoms. The third-order valence-corrected chi connectivity index (χ3v) is 3.94. The van der Waals surface area contributed by atoms with E-state index in [-0.39, 0.29) is 5.91 Å². The number of rotatable bonds is 5. The van der Waals surface area contributed by atoms with E-state index in [4.69, 9.17) is 4.74 Å². The number of nitrogens with one attached hydrogen (secondary N) is 2. The summed E-state index contributed by atoms with van der Waals surface area (Å²) in [5.74, 6) is -1.25. The van der Waals surface area contributed by atoms with Gasteiger partial charge in [0, 0.05) is 18.3 Å². The largest absolute Gasteiger partial charge is 0.451 e. The summed E-state index contributed by atoms with van der Waals surface area (Å²) in [5.41, 5.74) is 1.64. The van der Waals surface area contributed by atoms with Crippen LogP contribution in [0.4, 0.5) is 11.4 Å². The number of benzene rings is 1. The van der Waals surface area contributed by atoms with Crippen LogP contribution in [0.15, 0.2) is 24.3 Å². The third-order valence-electron chi connectivity index (χ3n) is 2.89. The molecular weight excluding hydrogens is 330 g/mol. The highest BCUT2D eigenvalue weighted by molar-refractivity contribution is 7.13. The van der Waals surface area contributed by atoms with Crippen LogP contribution in [0.1, 0.15) is 27.3 Å². The van der Waals surface area contributed by atoms with Crippen LogP contribution < -0.4 is 10.6 Å². The van der Waals surface area contributed by atoms with Crippen molar-refractivity contribution < 1.29 is 19.1 Å². The van der Waals surface area contributed by atoms with Crippen molar-refractivity contribution in [2.45, 2.75) is 20.8 Å². The zero-order chi connectivity index (χ0) is 17.7. The molecule has 0 radical (unpaired) electrons. The Hall–Kier alpha value is -2.74. The number of anilines is 2. The second kappa shape index (κ2) is 7.69. The molecule has 1 aromatic heterocycles. The molecule has 7 nitrogen and oxygen atoms in total. The summed E-state index contributed by atoms with van der Waals surface area (Å²) < 4.78 is 5.00. The number of carbonyl (C=O) groups excluding carboxylic acids is 3. The fraction of sp³-hybridized carbons (Fsp3) is 0.250. The number of nitrogens with zero attached hydrogens (tertiary/aromatic N) is 1. The number of hydrogen-bond donors (Lipinski definition) is 2. The monoisotopic (exact) mass is 347 g/mol. The van der Waals surface area contributed by atoms with Crippen molar-refractivity contribution in [2.24, 2.45) is 0 Å². The number of amides is 2. The first-order valence-corrected chi connectivity index (χ1v) is 7.95. The number of esters is 1. The molecule has 24 heavy (non-hydrogen) atoms. The summed E-state index contributed by atoms with van der Waals surface area (Å²) in [5, 5.41) is 5.98. The molecule has 1 heterocycles. The van der Waals surface area contributed by atoms with Gasteiger partial charge in [-0.2, -0.15) is 0 Å². The van der Waals surface area contributed by atoms with Gasteiger partial charge in [-0.15, -0.1) is 11.3 Å². The first-order chi connectivity index (χ1) is 11.3. The van der Waals surface area contributed by atoms with Crippen LogP contribution in [0.25, 0.3) is 0 Å². The van der Waals surface area contributed by atoms with Crippen molar-refractivity contribution in [1.82, 2.24) is 4.98 Å². The van der Waals surface area contributed by atoms with Gasteiger partial charge >= 0.3 is 5.97 Å². The fourth-order valence-electron chi connectivity index (χ4n) is 1.99. The molecule has 8 heteroatoms. The Labute approximate surface area is 143 Å². The first-order valence-electron chi connectivity index (χ1n) is 7.14. The highest BCUT2D eigenvalue weighted by Gasteiger charge is 2.16. The van der Waals surface area contributed by atoms with Crippen LogP contribution in [-0.4, -0.2) is 29.4 Å². The normalized spacial score (nSPS) is 10.1. The lowest BCUT2D eigenvalue weighted by molar-refractivity contribution is -0.119. The molecule has 0 fully saturated rings. The van der Waals surface area contributed by atoms with Gasteiger partial charge in [0.15, 0.2) is 6.61 Å². The maximum absolute atomic E-state index is 11.9. The molecule has 0 spiro atoms. The average Bonchev–Trinajstić information content (AvgIpc) is 2.83. The number of aryl methyl sites for hydroxylation is 2. The number of carbonyl (C=O) groups is 3. The van der Waals surface area contributed by atoms with E-state index in [1.54, 1.807) is 38.1 Å². The van der Waals surface area contributed by atoms with Crippen LogP contribution >= 0.6 is 11.3 Å². The second-order valence-corrected chi connectivity index (χ2v) is 6.24. The summed E-state index contributed by atoms with van der Waals surface area (Å²) in [6.07, 6.45) is 0. The number of ether oxygens (including phenoxy) is 1. The Kier molecular flexibility index (Phi) is 5.64. The minimum atomic E-state index is -0.569. The third kappa shape index (κ3) is 4.88. The van der Waals surface area contributed by atoms with E-state index in [2.05, 4.69) is 15.6 Å². The smallest absolute Gasteiger partial charge is 0.350 e. The van der Waals surface area contributed by atoms with E-state index in [9.17, 15) is 14.4 Å². The van der Waals surface area contributed by atoms with Gasteiger partial charge in [-0.25, -0.2) is 9.78 Å². The van der Waals surface area contributed by atoms with Crippen molar-refractivity contribution in [3.63, 3.8) is 0 Å². The van der Waals surface area contributed by atoms with Crippen molar-refractivity contribution >= 4 is 40.5 Å². The van der Waals surface area contributed by atoms with E-state index >= 15 is 0 Å². The Balaban J connectivity index is 1.90. The molecule has 126 valence electrons. The molecule has 2 N–H and O–H groups in total. The Morgan fingerprint density at radius 2 is 1.83 bits per heavy atom. The van der Waals surface area contributed by atoms with Gasteiger partial charge in [0.1, 0.15) is 4.88 Å². The first kappa shape index (κ1) is 17.6. The zero-order valence-corrected chi connectivity index (χ0v) is 14.3. The van der Waals surface area contributed by atoms with Gasteiger partial charge in [0.25, 0.3) is 5.91 Å². The standard InChI is InChI=1S/C16H17N3O4S/c1-9-15(24-11(3)17-9)16(22)23-8-14(21)19-13-6-4-5-12(7-13)18-10(2)20/h4-7H,8H2,1-3H3,(H,18,20)(H,19,21). The molecule has 2 amide bonds. The lowest BCUT2D eigenvalue weighted by Gasteiger charge is -2.08. The van der Waals surface area contributed by atoms with Crippen molar-refractivity contribution in [1.29, 1.82) is 0 Å². The highest BCUT2D eigenvalue weighted by Crippen LogP contribution is 2.18. The molecule has 2 rings (SSSR count). The van der Waals surface area contributed by atoms with E-state index < -0.39 is 18.5 Å². The minimum absolute atomic E-state index is 0.206. The van der Waals surface area contributed by atoms with Gasteiger partial charge in [0.05, 0.1) is 10.7 Å². The predicted molar refractivity (Wildman–Crippen MR) is 91.2 cm³/mol. The van der Waals surface area contributed by atoms with Crippen LogP contribution in [0, 0.1) is 13.8 Å². The molecule has 0 aliphatic rings. The lowest BCUT2D eigenvalue weighted by Crippen LogP contribution is -2.21. The molecule has 2 aromatic rings. The molecule has 0 aliphatic heterocycles. The Morgan fingerprint density at radius 3 is 2.42 bits per heavy atom. The van der Waals surface area contributed by atoms with Crippen molar-refractivity contribution in [3.05, 3.63) is 39.8 Å². The summed E-state index contributed by atoms with van der Waals surface area (Å²) in [7, 11) is 0. The fourth-order valence-corrected chi connectivity index (χ4v) is 2.81. The van der Waals surface area contributed by atoms with Gasteiger partial charge in [-0.1, -0.05) is 6.07 Å². The van der Waals surface area contributed by atoms with Crippen molar-refractivity contribution in [2.75, 3.05) is 17.2 Å². The number of aromatic nitrogens is 1. The number of hydrogen-bond acceptors (Lipinski definition) is 6. The molecule has 1 aromatic carbocycles. The van der Waals surface area contributed by atoms with Crippen LogP contribution in [-0.2, 0) is 14.3 Å². The molecule has 0 saturated heterocycles.